The van der Waals surface area contributed by atoms with Gasteiger partial charge >= 0.3 is 11.9 Å². The summed E-state index contributed by atoms with van der Waals surface area (Å²) in [6, 6.07) is 9.04. The Kier molecular flexibility index (Phi) is 6.17. The minimum atomic E-state index is -4.05. The molecule has 2 aromatic carbocycles. The molecule has 0 bridgehead atoms. The van der Waals surface area contributed by atoms with Crippen LogP contribution in [-0.4, -0.2) is 33.6 Å². The molecule has 0 aromatic heterocycles. The molecule has 0 spiro atoms. The standard InChI is InChI=1S/C18H18FNO6S/c1-11-7-8-15(10-16(11)19)27(23,24)20-14-6-4-5-13(9-14)18(22)26-12(2)17(21)25-3/h4-10,12,20H,1-3H3/t12-/m1/s1. The van der Waals surface area contributed by atoms with E-state index in [9.17, 15) is 22.4 Å². The van der Waals surface area contributed by atoms with Crippen molar-refractivity contribution < 1.29 is 31.9 Å². The fourth-order valence-electron chi connectivity index (χ4n) is 2.11. The van der Waals surface area contributed by atoms with Crippen molar-refractivity contribution in [3.8, 4) is 0 Å². The highest BCUT2D eigenvalue weighted by atomic mass is 32.2. The molecular formula is C18H18FNO6S. The first-order valence-corrected chi connectivity index (χ1v) is 9.30. The molecule has 0 aliphatic carbocycles. The van der Waals surface area contributed by atoms with E-state index in [1.165, 1.54) is 50.2 Å². The quantitative estimate of drug-likeness (QED) is 0.755. The monoisotopic (exact) mass is 395 g/mol. The van der Waals surface area contributed by atoms with Gasteiger partial charge in [-0.15, -0.1) is 0 Å². The lowest BCUT2D eigenvalue weighted by atomic mass is 10.2. The second-order valence-electron chi connectivity index (χ2n) is 5.67. The van der Waals surface area contributed by atoms with Crippen molar-refractivity contribution in [3.63, 3.8) is 0 Å². The van der Waals surface area contributed by atoms with Crippen molar-refractivity contribution in [2.24, 2.45) is 0 Å². The molecule has 7 nitrogen and oxygen atoms in total. The van der Waals surface area contributed by atoms with Crippen LogP contribution in [0.2, 0.25) is 0 Å². The Morgan fingerprint density at radius 3 is 2.48 bits per heavy atom. The van der Waals surface area contributed by atoms with Gasteiger partial charge in [0.05, 0.1) is 17.6 Å². The zero-order chi connectivity index (χ0) is 20.2. The van der Waals surface area contributed by atoms with Gasteiger partial charge in [-0.2, -0.15) is 0 Å². The molecule has 0 radical (unpaired) electrons. The molecule has 27 heavy (non-hydrogen) atoms. The zero-order valence-electron chi connectivity index (χ0n) is 14.9. The second kappa shape index (κ2) is 8.17. The van der Waals surface area contributed by atoms with Crippen LogP contribution in [0.3, 0.4) is 0 Å². The summed E-state index contributed by atoms with van der Waals surface area (Å²) in [5.41, 5.74) is 0.426. The SMILES string of the molecule is COC(=O)[C@@H](C)OC(=O)c1cccc(NS(=O)(=O)c2ccc(C)c(F)c2)c1. The van der Waals surface area contributed by atoms with Gasteiger partial charge in [-0.05, 0) is 49.7 Å². The molecule has 9 heteroatoms. The highest BCUT2D eigenvalue weighted by Crippen LogP contribution is 2.20. The Labute approximate surface area is 156 Å². The van der Waals surface area contributed by atoms with Gasteiger partial charge in [0.15, 0.2) is 6.10 Å². The Morgan fingerprint density at radius 1 is 1.15 bits per heavy atom. The maximum atomic E-state index is 13.6. The molecular weight excluding hydrogens is 377 g/mol. The number of anilines is 1. The summed E-state index contributed by atoms with van der Waals surface area (Å²) in [6.45, 7) is 2.87. The predicted molar refractivity (Wildman–Crippen MR) is 95.3 cm³/mol. The Morgan fingerprint density at radius 2 is 1.85 bits per heavy atom. The first-order valence-electron chi connectivity index (χ1n) is 7.82. The predicted octanol–water partition coefficient (Wildman–Crippen LogP) is 2.65. The summed E-state index contributed by atoms with van der Waals surface area (Å²) in [7, 11) is -2.89. The number of aryl methyl sites for hydroxylation is 1. The summed E-state index contributed by atoms with van der Waals surface area (Å²) >= 11 is 0. The fourth-order valence-corrected chi connectivity index (χ4v) is 3.17. The van der Waals surface area contributed by atoms with Gasteiger partial charge in [0.2, 0.25) is 0 Å². The van der Waals surface area contributed by atoms with Gasteiger partial charge in [0.25, 0.3) is 10.0 Å². The molecule has 2 aromatic rings. The number of ether oxygens (including phenoxy) is 2. The van der Waals surface area contributed by atoms with E-state index in [0.29, 0.717) is 5.56 Å². The number of hydrogen-bond acceptors (Lipinski definition) is 6. The van der Waals surface area contributed by atoms with Crippen LogP contribution < -0.4 is 4.72 Å². The van der Waals surface area contributed by atoms with Crippen LogP contribution >= 0.6 is 0 Å². The minimum Gasteiger partial charge on any atom is -0.466 e. The molecule has 0 saturated carbocycles. The number of halogens is 1. The van der Waals surface area contributed by atoms with Crippen LogP contribution in [0.5, 0.6) is 0 Å². The first-order chi connectivity index (χ1) is 12.6. The highest BCUT2D eigenvalue weighted by Gasteiger charge is 2.20. The molecule has 0 unspecified atom stereocenters. The molecule has 0 aliphatic heterocycles. The van der Waals surface area contributed by atoms with E-state index < -0.39 is 33.9 Å². The number of hydrogen-bond donors (Lipinski definition) is 1. The third-order valence-corrected chi connectivity index (χ3v) is 5.00. The molecule has 1 N–H and O–H groups in total. The number of esters is 2. The van der Waals surface area contributed by atoms with Gasteiger partial charge in [-0.1, -0.05) is 12.1 Å². The van der Waals surface area contributed by atoms with Crippen molar-refractivity contribution in [3.05, 3.63) is 59.4 Å². The highest BCUT2D eigenvalue weighted by molar-refractivity contribution is 7.92. The van der Waals surface area contributed by atoms with Gasteiger partial charge in [0, 0.05) is 5.69 Å². The van der Waals surface area contributed by atoms with Crippen molar-refractivity contribution in [1.82, 2.24) is 0 Å². The van der Waals surface area contributed by atoms with Crippen LogP contribution in [0.25, 0.3) is 0 Å². The van der Waals surface area contributed by atoms with E-state index in [-0.39, 0.29) is 16.1 Å². The number of carbonyl (C=O) groups is 2. The number of nitrogens with one attached hydrogen (secondary N) is 1. The molecule has 2 rings (SSSR count). The molecule has 0 fully saturated rings. The third kappa shape index (κ3) is 5.04. The molecule has 0 saturated heterocycles. The number of benzene rings is 2. The summed E-state index contributed by atoms with van der Waals surface area (Å²) in [5, 5.41) is 0. The molecule has 0 amide bonds. The average molecular weight is 395 g/mol. The van der Waals surface area contributed by atoms with Gasteiger partial charge in [-0.25, -0.2) is 22.4 Å². The minimum absolute atomic E-state index is 0.0287. The van der Waals surface area contributed by atoms with Crippen molar-refractivity contribution in [1.29, 1.82) is 0 Å². The third-order valence-electron chi connectivity index (χ3n) is 3.62. The van der Waals surface area contributed by atoms with Gasteiger partial charge in [-0.3, -0.25) is 4.72 Å². The maximum absolute atomic E-state index is 13.6. The summed E-state index contributed by atoms with van der Waals surface area (Å²) in [4.78, 5) is 23.2. The number of rotatable bonds is 6. The molecule has 1 atom stereocenters. The molecule has 144 valence electrons. The average Bonchev–Trinajstić information content (AvgIpc) is 2.62. The van der Waals surface area contributed by atoms with Crippen LogP contribution in [0, 0.1) is 12.7 Å². The molecule has 0 aliphatic rings. The fraction of sp³-hybridized carbons (Fsp3) is 0.222. The van der Waals surface area contributed by atoms with Crippen LogP contribution in [-0.2, 0) is 24.3 Å². The van der Waals surface area contributed by atoms with Crippen LogP contribution in [0.1, 0.15) is 22.8 Å². The Bertz CT molecular complexity index is 974. The molecule has 0 heterocycles. The number of carbonyl (C=O) groups excluding carboxylic acids is 2. The first kappa shape index (κ1) is 20.4. The largest absolute Gasteiger partial charge is 0.466 e. The van der Waals surface area contributed by atoms with E-state index in [1.54, 1.807) is 0 Å². The van der Waals surface area contributed by atoms with E-state index >= 15 is 0 Å². The van der Waals surface area contributed by atoms with Crippen molar-refractivity contribution in [2.45, 2.75) is 24.8 Å². The van der Waals surface area contributed by atoms with Crippen LogP contribution in [0.15, 0.2) is 47.4 Å². The van der Waals surface area contributed by atoms with E-state index in [1.807, 2.05) is 0 Å². The summed E-state index contributed by atoms with van der Waals surface area (Å²) in [5.74, 6) is -2.19. The van der Waals surface area contributed by atoms with Gasteiger partial charge < -0.3 is 9.47 Å². The Balaban J connectivity index is 2.20. The van der Waals surface area contributed by atoms with E-state index in [0.717, 1.165) is 13.2 Å². The lowest BCUT2D eigenvalue weighted by molar-refractivity contribution is -0.149. The maximum Gasteiger partial charge on any atom is 0.346 e. The summed E-state index contributed by atoms with van der Waals surface area (Å²) < 4.78 is 50.1. The zero-order valence-corrected chi connectivity index (χ0v) is 15.7. The van der Waals surface area contributed by atoms with Crippen molar-refractivity contribution in [2.75, 3.05) is 11.8 Å². The smallest absolute Gasteiger partial charge is 0.346 e. The topological polar surface area (TPSA) is 98.8 Å². The lowest BCUT2D eigenvalue weighted by Gasteiger charge is -2.12. The number of sulfonamides is 1. The van der Waals surface area contributed by atoms with E-state index in [2.05, 4.69) is 9.46 Å². The second-order valence-corrected chi connectivity index (χ2v) is 7.35. The normalized spacial score (nSPS) is 12.1. The number of methoxy groups -OCH3 is 1. The Hall–Kier alpha value is -2.94. The summed E-state index contributed by atoms with van der Waals surface area (Å²) in [6.07, 6.45) is -1.11. The van der Waals surface area contributed by atoms with E-state index in [4.69, 9.17) is 4.74 Å². The van der Waals surface area contributed by atoms with Crippen molar-refractivity contribution >= 4 is 27.6 Å². The lowest BCUT2D eigenvalue weighted by Crippen LogP contribution is -2.25. The van der Waals surface area contributed by atoms with Gasteiger partial charge in [0.1, 0.15) is 5.82 Å². The van der Waals surface area contributed by atoms with Crippen LogP contribution in [0.4, 0.5) is 10.1 Å².